The van der Waals surface area contributed by atoms with Crippen molar-refractivity contribution in [2.24, 2.45) is 5.92 Å². The molecule has 1 aliphatic heterocycles. The normalized spacial score (nSPS) is 14.5. The van der Waals surface area contributed by atoms with Gasteiger partial charge in [0, 0.05) is 49.1 Å². The number of hydrogen-bond acceptors (Lipinski definition) is 7. The van der Waals surface area contributed by atoms with Crippen molar-refractivity contribution in [3.05, 3.63) is 47.7 Å². The van der Waals surface area contributed by atoms with Gasteiger partial charge in [-0.25, -0.2) is 9.78 Å². The number of anilines is 2. The van der Waals surface area contributed by atoms with Crippen molar-refractivity contribution in [3.63, 3.8) is 0 Å². The molecule has 33 heavy (non-hydrogen) atoms. The van der Waals surface area contributed by atoms with Gasteiger partial charge in [0.25, 0.3) is 0 Å². The number of ether oxygens (including phenoxy) is 2. The predicted molar refractivity (Wildman–Crippen MR) is 119 cm³/mol. The monoisotopic (exact) mass is 462 g/mol. The van der Waals surface area contributed by atoms with Crippen LogP contribution in [0.2, 0.25) is 0 Å². The minimum Gasteiger partial charge on any atom is -0.444 e. The maximum absolute atomic E-state index is 13.0. The van der Waals surface area contributed by atoms with Gasteiger partial charge >= 0.3 is 12.2 Å². The first-order chi connectivity index (χ1) is 15.4. The molecule has 0 saturated carbocycles. The van der Waals surface area contributed by atoms with E-state index in [0.717, 1.165) is 0 Å². The van der Waals surface area contributed by atoms with Crippen LogP contribution >= 0.6 is 0 Å². The molecule has 2 aromatic rings. The molecule has 1 aliphatic rings. The minimum atomic E-state index is -3.29. The predicted octanol–water partition coefficient (Wildman–Crippen LogP) is 4.54. The highest BCUT2D eigenvalue weighted by atomic mass is 19.3. The summed E-state index contributed by atoms with van der Waals surface area (Å²) in [5, 5.41) is 21.6. The number of aromatic nitrogens is 1. The molecule has 2 heterocycles. The highest BCUT2D eigenvalue weighted by Crippen LogP contribution is 2.30. The first-order valence-electron chi connectivity index (χ1n) is 10.5. The van der Waals surface area contributed by atoms with E-state index >= 15 is 0 Å². The number of carbonyl (C=O) groups excluding carboxylic acids is 1. The Bertz CT molecular complexity index is 1010. The molecular weight excluding hydrogens is 434 g/mol. The van der Waals surface area contributed by atoms with Crippen molar-refractivity contribution in [3.8, 4) is 5.75 Å². The molecule has 1 aromatic heterocycles. The van der Waals surface area contributed by atoms with Crippen LogP contribution in [0.3, 0.4) is 0 Å². The summed E-state index contributed by atoms with van der Waals surface area (Å²) in [7, 11) is 0. The Hall–Kier alpha value is -3.27. The first kappa shape index (κ1) is 24.4. The van der Waals surface area contributed by atoms with E-state index in [1.165, 1.54) is 23.2 Å². The average molecular weight is 462 g/mol. The van der Waals surface area contributed by atoms with E-state index in [0.29, 0.717) is 42.6 Å². The third kappa shape index (κ3) is 6.38. The van der Waals surface area contributed by atoms with E-state index in [2.05, 4.69) is 15.0 Å². The van der Waals surface area contributed by atoms with Crippen LogP contribution < -0.4 is 10.1 Å². The Labute approximate surface area is 191 Å². The van der Waals surface area contributed by atoms with E-state index < -0.39 is 17.8 Å². The number of halogens is 2. The van der Waals surface area contributed by atoms with Gasteiger partial charge in [0.05, 0.1) is 6.61 Å². The minimum absolute atomic E-state index is 0.00906. The van der Waals surface area contributed by atoms with Crippen LogP contribution in [-0.4, -0.2) is 51.6 Å². The van der Waals surface area contributed by atoms with E-state index in [-0.39, 0.29) is 24.0 Å². The van der Waals surface area contributed by atoms with E-state index in [1.54, 1.807) is 39.0 Å². The van der Waals surface area contributed by atoms with Crippen molar-refractivity contribution in [1.29, 1.82) is 5.41 Å². The molecule has 0 radical (unpaired) electrons. The van der Waals surface area contributed by atoms with Crippen LogP contribution in [0.1, 0.15) is 38.8 Å². The number of aliphatic hydroxyl groups is 1. The number of pyridine rings is 1. The third-order valence-electron chi connectivity index (χ3n) is 4.83. The maximum atomic E-state index is 13.0. The van der Waals surface area contributed by atoms with Crippen LogP contribution in [-0.2, 0) is 11.3 Å². The molecule has 0 bridgehead atoms. The van der Waals surface area contributed by atoms with Gasteiger partial charge in [0.2, 0.25) is 0 Å². The number of hydrogen-bond donors (Lipinski definition) is 3. The zero-order chi connectivity index (χ0) is 24.4. The summed E-state index contributed by atoms with van der Waals surface area (Å²) in [6.07, 6.45) is -2.21. The second kappa shape index (κ2) is 9.30. The summed E-state index contributed by atoms with van der Waals surface area (Å²) in [4.78, 5) is 18.0. The largest absolute Gasteiger partial charge is 0.444 e. The van der Waals surface area contributed by atoms with Crippen molar-refractivity contribution in [1.82, 2.24) is 9.88 Å². The van der Waals surface area contributed by atoms with Gasteiger partial charge in [-0.3, -0.25) is 0 Å². The Balaban J connectivity index is 1.74. The Morgan fingerprint density at radius 3 is 2.39 bits per heavy atom. The van der Waals surface area contributed by atoms with Crippen LogP contribution in [0.5, 0.6) is 5.75 Å². The Morgan fingerprint density at radius 2 is 1.85 bits per heavy atom. The van der Waals surface area contributed by atoms with Gasteiger partial charge < -0.3 is 30.2 Å². The summed E-state index contributed by atoms with van der Waals surface area (Å²) in [5.41, 5.74) is 1.13. The molecule has 10 heteroatoms. The molecule has 1 aromatic carbocycles. The van der Waals surface area contributed by atoms with Gasteiger partial charge in [0.15, 0.2) is 0 Å². The van der Waals surface area contributed by atoms with Crippen LogP contribution in [0.15, 0.2) is 36.5 Å². The molecule has 1 fully saturated rings. The molecule has 1 amide bonds. The van der Waals surface area contributed by atoms with Crippen LogP contribution in [0.25, 0.3) is 0 Å². The highest BCUT2D eigenvalue weighted by molar-refractivity contribution is 6.06. The molecule has 0 atom stereocenters. The smallest absolute Gasteiger partial charge is 0.410 e. The number of nitrogens with zero attached hydrogens (tertiary/aromatic N) is 2. The fourth-order valence-electron chi connectivity index (χ4n) is 3.32. The van der Waals surface area contributed by atoms with Crippen molar-refractivity contribution in [2.45, 2.75) is 46.0 Å². The molecule has 3 rings (SSSR count). The van der Waals surface area contributed by atoms with E-state index in [9.17, 15) is 18.7 Å². The molecule has 8 nitrogen and oxygen atoms in total. The molecule has 0 unspecified atom stereocenters. The number of alkyl halides is 2. The van der Waals surface area contributed by atoms with Gasteiger partial charge in [-0.1, -0.05) is 0 Å². The summed E-state index contributed by atoms with van der Waals surface area (Å²) >= 11 is 0. The second-order valence-corrected chi connectivity index (χ2v) is 8.91. The van der Waals surface area contributed by atoms with Crippen molar-refractivity contribution < 1.29 is 28.2 Å². The Morgan fingerprint density at radius 1 is 1.21 bits per heavy atom. The SMILES string of the molecule is CC(C)(C)OC(=O)N1CC(C(=N)c2c(CO)ccnc2Nc2ccc(OC(C)(F)F)cc2)C1. The maximum Gasteiger partial charge on any atom is 0.410 e. The number of aliphatic hydroxyl groups excluding tert-OH is 1. The van der Waals surface area contributed by atoms with Gasteiger partial charge in [-0.15, -0.1) is 0 Å². The van der Waals surface area contributed by atoms with E-state index in [1.807, 2.05) is 0 Å². The van der Waals surface area contributed by atoms with Gasteiger partial charge in [0.1, 0.15) is 17.2 Å². The molecule has 3 N–H and O–H groups in total. The summed E-state index contributed by atoms with van der Waals surface area (Å²) in [6.45, 7) is 6.38. The number of likely N-dealkylation sites (tertiary alicyclic amines) is 1. The summed E-state index contributed by atoms with van der Waals surface area (Å²) < 4.78 is 35.9. The molecule has 0 aliphatic carbocycles. The molecule has 1 saturated heterocycles. The van der Waals surface area contributed by atoms with E-state index in [4.69, 9.17) is 10.1 Å². The zero-order valence-corrected chi connectivity index (χ0v) is 19.0. The zero-order valence-electron chi connectivity index (χ0n) is 19.0. The molecule has 178 valence electrons. The topological polar surface area (TPSA) is 108 Å². The van der Waals surface area contributed by atoms with Crippen molar-refractivity contribution >= 4 is 23.3 Å². The number of amides is 1. The lowest BCUT2D eigenvalue weighted by molar-refractivity contribution is -0.158. The quantitative estimate of drug-likeness (QED) is 0.522. The summed E-state index contributed by atoms with van der Waals surface area (Å²) in [5.74, 6) is 0.113. The van der Waals surface area contributed by atoms with Gasteiger partial charge in [-0.05, 0) is 56.7 Å². The molecular formula is C23H28F2N4O4. The fraction of sp³-hybridized carbons (Fsp3) is 0.435. The van der Waals surface area contributed by atoms with Gasteiger partial charge in [-0.2, -0.15) is 8.78 Å². The lowest BCUT2D eigenvalue weighted by Crippen LogP contribution is -2.54. The standard InChI is InChI=1S/C23H28F2N4O4/c1-22(2,3)33-21(31)29-11-15(12-29)19(26)18-14(13-30)9-10-27-20(18)28-16-5-7-17(8-6-16)32-23(4,24)25/h5-10,15,26,30H,11-13H2,1-4H3,(H,27,28). The summed E-state index contributed by atoms with van der Waals surface area (Å²) in [6, 6.07) is 7.51. The third-order valence-corrected chi connectivity index (χ3v) is 4.83. The number of rotatable bonds is 7. The first-order valence-corrected chi connectivity index (χ1v) is 10.5. The molecule has 0 spiro atoms. The fourth-order valence-corrected chi connectivity index (χ4v) is 3.32. The highest BCUT2D eigenvalue weighted by Gasteiger charge is 2.37. The second-order valence-electron chi connectivity index (χ2n) is 8.91. The Kier molecular flexibility index (Phi) is 6.87. The number of benzene rings is 1. The average Bonchev–Trinajstić information content (AvgIpc) is 2.65. The number of nitrogens with one attached hydrogen (secondary N) is 2. The lowest BCUT2D eigenvalue weighted by Gasteiger charge is -2.40. The number of carbonyl (C=O) groups is 1. The lowest BCUT2D eigenvalue weighted by atomic mass is 9.88. The van der Waals surface area contributed by atoms with Crippen LogP contribution in [0.4, 0.5) is 25.1 Å². The van der Waals surface area contributed by atoms with Crippen LogP contribution in [0, 0.1) is 11.3 Å². The van der Waals surface area contributed by atoms with Crippen molar-refractivity contribution in [2.75, 3.05) is 18.4 Å².